The van der Waals surface area contributed by atoms with Crippen molar-refractivity contribution in [3.05, 3.63) is 34.2 Å². The van der Waals surface area contributed by atoms with Crippen molar-refractivity contribution in [2.45, 2.75) is 40.0 Å². The minimum atomic E-state index is 0.747. The van der Waals surface area contributed by atoms with Gasteiger partial charge in [0, 0.05) is 42.4 Å². The molecule has 2 aliphatic rings. The normalized spacial score (nSPS) is 19.9. The molecule has 0 saturated carbocycles. The van der Waals surface area contributed by atoms with Gasteiger partial charge in [0.1, 0.15) is 17.0 Å². The van der Waals surface area contributed by atoms with Gasteiger partial charge in [0.15, 0.2) is 0 Å². The van der Waals surface area contributed by atoms with Crippen LogP contribution in [0.25, 0.3) is 10.2 Å². The zero-order valence-corrected chi connectivity index (χ0v) is 17.6. The number of fused-ring (bicyclic) bond motifs is 3. The molecule has 3 aromatic heterocycles. The highest BCUT2D eigenvalue weighted by Gasteiger charge is 2.27. The summed E-state index contributed by atoms with van der Waals surface area (Å²) < 4.78 is 0. The lowest BCUT2D eigenvalue weighted by Crippen LogP contribution is -2.47. The Morgan fingerprint density at radius 1 is 1.00 bits per heavy atom. The molecule has 1 fully saturated rings. The van der Waals surface area contributed by atoms with Crippen molar-refractivity contribution in [2.75, 3.05) is 36.0 Å². The first-order valence-electron chi connectivity index (χ1n) is 10.2. The maximum atomic E-state index is 4.73. The smallest absolute Gasteiger partial charge is 0.225 e. The van der Waals surface area contributed by atoms with Gasteiger partial charge in [-0.25, -0.2) is 19.9 Å². The predicted molar refractivity (Wildman–Crippen MR) is 115 cm³/mol. The summed E-state index contributed by atoms with van der Waals surface area (Å²) in [5, 5.41) is 1.31. The zero-order chi connectivity index (χ0) is 19.3. The molecule has 0 bridgehead atoms. The Labute approximate surface area is 169 Å². The second-order valence-corrected chi connectivity index (χ2v) is 9.24. The van der Waals surface area contributed by atoms with E-state index < -0.39 is 0 Å². The highest BCUT2D eigenvalue weighted by molar-refractivity contribution is 7.19. The average molecular weight is 395 g/mol. The van der Waals surface area contributed by atoms with E-state index in [1.54, 1.807) is 6.33 Å². The first-order chi connectivity index (χ1) is 13.6. The largest absolute Gasteiger partial charge is 0.352 e. The summed E-state index contributed by atoms with van der Waals surface area (Å²) in [7, 11) is 0. The quantitative estimate of drug-likeness (QED) is 0.662. The van der Waals surface area contributed by atoms with Crippen LogP contribution in [-0.2, 0) is 12.8 Å². The van der Waals surface area contributed by atoms with Crippen LogP contribution in [0.3, 0.4) is 0 Å². The fourth-order valence-electron chi connectivity index (χ4n) is 4.47. The number of hydrogen-bond acceptors (Lipinski definition) is 7. The summed E-state index contributed by atoms with van der Waals surface area (Å²) in [5.74, 6) is 2.72. The van der Waals surface area contributed by atoms with Gasteiger partial charge in [-0.05, 0) is 50.7 Å². The highest BCUT2D eigenvalue weighted by atomic mass is 32.1. The van der Waals surface area contributed by atoms with Crippen LogP contribution in [0, 0.1) is 19.8 Å². The molecule has 6 nitrogen and oxygen atoms in total. The number of aryl methyl sites for hydroxylation is 3. The summed E-state index contributed by atoms with van der Waals surface area (Å²) in [4.78, 5) is 26.0. The second kappa shape index (κ2) is 6.95. The molecule has 1 saturated heterocycles. The van der Waals surface area contributed by atoms with Crippen molar-refractivity contribution in [3.8, 4) is 0 Å². The van der Waals surface area contributed by atoms with Crippen LogP contribution >= 0.6 is 11.3 Å². The summed E-state index contributed by atoms with van der Waals surface area (Å²) in [5.41, 5.74) is 3.57. The van der Waals surface area contributed by atoms with Crippen LogP contribution in [-0.4, -0.2) is 46.1 Å². The fraction of sp³-hybridized carbons (Fsp3) is 0.524. The third-order valence-electron chi connectivity index (χ3n) is 5.90. The van der Waals surface area contributed by atoms with Crippen LogP contribution < -0.4 is 9.80 Å². The molecule has 28 heavy (non-hydrogen) atoms. The molecule has 1 atom stereocenters. The molecule has 3 aromatic rings. The molecule has 4 heterocycles. The van der Waals surface area contributed by atoms with E-state index >= 15 is 0 Å². The molecule has 0 amide bonds. The molecule has 0 radical (unpaired) electrons. The molecule has 0 N–H and O–H groups in total. The molecular formula is C21H26N6S. The zero-order valence-electron chi connectivity index (χ0n) is 16.8. The van der Waals surface area contributed by atoms with Gasteiger partial charge in [-0.1, -0.05) is 6.92 Å². The van der Waals surface area contributed by atoms with E-state index in [0.717, 1.165) is 66.5 Å². The van der Waals surface area contributed by atoms with Crippen molar-refractivity contribution < 1.29 is 0 Å². The lowest BCUT2D eigenvalue weighted by atomic mass is 9.88. The molecule has 7 heteroatoms. The van der Waals surface area contributed by atoms with E-state index in [0.29, 0.717) is 0 Å². The third-order valence-corrected chi connectivity index (χ3v) is 7.10. The number of thiophene rings is 1. The minimum Gasteiger partial charge on any atom is -0.352 e. The van der Waals surface area contributed by atoms with Crippen LogP contribution in [0.2, 0.25) is 0 Å². The highest BCUT2D eigenvalue weighted by Crippen LogP contribution is 2.40. The van der Waals surface area contributed by atoms with Gasteiger partial charge in [0.2, 0.25) is 5.95 Å². The number of rotatable bonds is 2. The molecule has 1 unspecified atom stereocenters. The van der Waals surface area contributed by atoms with Crippen molar-refractivity contribution in [3.63, 3.8) is 0 Å². The van der Waals surface area contributed by atoms with E-state index in [4.69, 9.17) is 4.98 Å². The molecule has 1 aliphatic carbocycles. The van der Waals surface area contributed by atoms with E-state index in [2.05, 4.69) is 31.7 Å². The van der Waals surface area contributed by atoms with E-state index in [1.807, 2.05) is 31.3 Å². The van der Waals surface area contributed by atoms with Gasteiger partial charge in [-0.3, -0.25) is 0 Å². The SMILES string of the molecule is Cc1cc(C)nc(N2CCN(c3ncnc4sc5c(c34)CC(C)CC5)CC2)n1. The molecule has 0 aromatic carbocycles. The number of aromatic nitrogens is 4. The standard InChI is InChI=1S/C21H26N6S/c1-13-4-5-17-16(10-13)18-19(22-12-23-20(18)28-17)26-6-8-27(9-7-26)21-24-14(2)11-15(3)25-21/h11-13H,4-10H2,1-3H3. The van der Waals surface area contributed by atoms with Crippen LogP contribution in [0.15, 0.2) is 12.4 Å². The fourth-order valence-corrected chi connectivity index (χ4v) is 5.65. The molecule has 146 valence electrons. The summed E-state index contributed by atoms with van der Waals surface area (Å²) >= 11 is 1.87. The van der Waals surface area contributed by atoms with E-state index in [1.165, 1.54) is 28.7 Å². The Bertz CT molecular complexity index is 1000. The Morgan fingerprint density at radius 2 is 1.71 bits per heavy atom. The summed E-state index contributed by atoms with van der Waals surface area (Å²) in [6.45, 7) is 10.1. The van der Waals surface area contributed by atoms with Crippen molar-refractivity contribution >= 4 is 33.3 Å². The first-order valence-corrected chi connectivity index (χ1v) is 11.0. The molecule has 5 rings (SSSR count). The Balaban J connectivity index is 1.42. The Kier molecular flexibility index (Phi) is 4.42. The second-order valence-electron chi connectivity index (χ2n) is 8.15. The van der Waals surface area contributed by atoms with Gasteiger partial charge < -0.3 is 9.80 Å². The number of hydrogen-bond donors (Lipinski definition) is 0. The van der Waals surface area contributed by atoms with Gasteiger partial charge >= 0.3 is 0 Å². The Hall–Kier alpha value is -2.28. The number of nitrogens with zero attached hydrogens (tertiary/aromatic N) is 6. The Morgan fingerprint density at radius 3 is 2.46 bits per heavy atom. The van der Waals surface area contributed by atoms with Crippen molar-refractivity contribution in [2.24, 2.45) is 5.92 Å². The average Bonchev–Trinajstić information content (AvgIpc) is 3.05. The van der Waals surface area contributed by atoms with Crippen LogP contribution in [0.1, 0.15) is 35.2 Å². The molecular weight excluding hydrogens is 368 g/mol. The lowest BCUT2D eigenvalue weighted by Gasteiger charge is -2.36. The summed E-state index contributed by atoms with van der Waals surface area (Å²) in [6, 6.07) is 2.03. The van der Waals surface area contributed by atoms with Crippen LogP contribution in [0.5, 0.6) is 0 Å². The van der Waals surface area contributed by atoms with Crippen LogP contribution in [0.4, 0.5) is 11.8 Å². The summed E-state index contributed by atoms with van der Waals surface area (Å²) in [6.07, 6.45) is 5.38. The maximum absolute atomic E-state index is 4.73. The third kappa shape index (κ3) is 3.11. The lowest BCUT2D eigenvalue weighted by molar-refractivity contribution is 0.508. The van der Waals surface area contributed by atoms with E-state index in [9.17, 15) is 0 Å². The van der Waals surface area contributed by atoms with Crippen molar-refractivity contribution in [1.82, 2.24) is 19.9 Å². The molecule has 1 aliphatic heterocycles. The number of anilines is 2. The van der Waals surface area contributed by atoms with Crippen molar-refractivity contribution in [1.29, 1.82) is 0 Å². The number of piperazine rings is 1. The van der Waals surface area contributed by atoms with E-state index in [-0.39, 0.29) is 0 Å². The van der Waals surface area contributed by atoms with Gasteiger partial charge in [-0.15, -0.1) is 11.3 Å². The maximum Gasteiger partial charge on any atom is 0.225 e. The first kappa shape index (κ1) is 17.8. The van der Waals surface area contributed by atoms with Gasteiger partial charge in [-0.2, -0.15) is 0 Å². The predicted octanol–water partition coefficient (Wildman–Crippen LogP) is 3.55. The molecule has 0 spiro atoms. The topological polar surface area (TPSA) is 58.0 Å². The minimum absolute atomic E-state index is 0.747. The van der Waals surface area contributed by atoms with Gasteiger partial charge in [0.05, 0.1) is 5.39 Å². The monoisotopic (exact) mass is 394 g/mol. The van der Waals surface area contributed by atoms with Gasteiger partial charge in [0.25, 0.3) is 0 Å².